The lowest BCUT2D eigenvalue weighted by Crippen LogP contribution is -2.50. The molecule has 0 amide bonds. The molecule has 0 aliphatic carbocycles. The summed E-state index contributed by atoms with van der Waals surface area (Å²) in [6.45, 7) is 9.02. The second-order valence-electron chi connectivity index (χ2n) is 8.44. The van der Waals surface area contributed by atoms with E-state index in [-0.39, 0.29) is 30.4 Å². The molecular formula is C18H38N2O5S. The highest BCUT2D eigenvalue weighted by molar-refractivity contribution is 7.89. The van der Waals surface area contributed by atoms with Gasteiger partial charge in [0.15, 0.2) is 0 Å². The van der Waals surface area contributed by atoms with Crippen LogP contribution in [0.5, 0.6) is 0 Å². The quantitative estimate of drug-likeness (QED) is 0.530. The van der Waals surface area contributed by atoms with E-state index in [2.05, 4.69) is 4.90 Å². The smallest absolute Gasteiger partial charge is 0.216 e. The third-order valence-corrected chi connectivity index (χ3v) is 6.45. The molecular weight excluding hydrogens is 356 g/mol. The third kappa shape index (κ3) is 9.10. The van der Waals surface area contributed by atoms with Crippen LogP contribution >= 0.6 is 0 Å². The van der Waals surface area contributed by atoms with Crippen LogP contribution < -0.4 is 0 Å². The fourth-order valence-corrected chi connectivity index (χ4v) is 4.90. The van der Waals surface area contributed by atoms with E-state index in [9.17, 15) is 13.5 Å². The highest BCUT2D eigenvalue weighted by Crippen LogP contribution is 2.24. The van der Waals surface area contributed by atoms with Crippen molar-refractivity contribution in [2.45, 2.75) is 52.2 Å². The fraction of sp³-hybridized carbons (Fsp3) is 1.00. The number of rotatable bonds is 11. The maximum Gasteiger partial charge on any atom is 0.216 e. The number of sulfonamides is 1. The SMILES string of the molecule is COCCOCCS(=O)(=O)N(C[C@H](O)CC(C)(C)C)C1CCN(C)CC1. The minimum atomic E-state index is -3.49. The van der Waals surface area contributed by atoms with Crippen LogP contribution in [0.15, 0.2) is 0 Å². The van der Waals surface area contributed by atoms with Gasteiger partial charge in [-0.05, 0) is 44.8 Å². The van der Waals surface area contributed by atoms with Crippen LogP contribution in [0.3, 0.4) is 0 Å². The monoisotopic (exact) mass is 394 g/mol. The van der Waals surface area contributed by atoms with Crippen LogP contribution in [-0.2, 0) is 19.5 Å². The Kier molecular flexibility index (Phi) is 9.99. The number of likely N-dealkylation sites (tertiary alicyclic amines) is 1. The van der Waals surface area contributed by atoms with Crippen molar-refractivity contribution in [2.24, 2.45) is 5.41 Å². The normalized spacial score (nSPS) is 19.2. The number of aliphatic hydroxyl groups is 1. The number of aliphatic hydroxyl groups excluding tert-OH is 1. The number of methoxy groups -OCH3 is 1. The Balaban J connectivity index is 2.75. The van der Waals surface area contributed by atoms with Crippen LogP contribution in [-0.4, -0.2) is 94.2 Å². The summed E-state index contributed by atoms with van der Waals surface area (Å²) in [6, 6.07) is -0.0511. The van der Waals surface area contributed by atoms with Gasteiger partial charge in [-0.25, -0.2) is 8.42 Å². The summed E-state index contributed by atoms with van der Waals surface area (Å²) < 4.78 is 37.7. The summed E-state index contributed by atoms with van der Waals surface area (Å²) in [5, 5.41) is 10.5. The highest BCUT2D eigenvalue weighted by atomic mass is 32.2. The molecule has 0 bridgehead atoms. The van der Waals surface area contributed by atoms with E-state index >= 15 is 0 Å². The van der Waals surface area contributed by atoms with Crippen molar-refractivity contribution in [3.8, 4) is 0 Å². The number of ether oxygens (including phenoxy) is 2. The summed E-state index contributed by atoms with van der Waals surface area (Å²) in [5.74, 6) is -0.0642. The molecule has 0 unspecified atom stereocenters. The number of piperidine rings is 1. The molecule has 1 N–H and O–H groups in total. The summed E-state index contributed by atoms with van der Waals surface area (Å²) in [6.07, 6.45) is 1.49. The first-order valence-corrected chi connectivity index (χ1v) is 11.1. The van der Waals surface area contributed by atoms with Crippen molar-refractivity contribution in [3.05, 3.63) is 0 Å². The molecule has 1 fully saturated rings. The van der Waals surface area contributed by atoms with Crippen molar-refractivity contribution >= 4 is 10.0 Å². The second kappa shape index (κ2) is 10.9. The van der Waals surface area contributed by atoms with Gasteiger partial charge in [0, 0.05) is 19.7 Å². The lowest BCUT2D eigenvalue weighted by molar-refractivity contribution is 0.0729. The predicted molar refractivity (Wildman–Crippen MR) is 104 cm³/mol. The molecule has 1 saturated heterocycles. The van der Waals surface area contributed by atoms with Crippen molar-refractivity contribution in [1.82, 2.24) is 9.21 Å². The molecule has 7 nitrogen and oxygen atoms in total. The zero-order valence-corrected chi connectivity index (χ0v) is 17.9. The Labute approximate surface area is 159 Å². The minimum Gasteiger partial charge on any atom is -0.392 e. The third-order valence-electron chi connectivity index (χ3n) is 4.61. The van der Waals surface area contributed by atoms with Gasteiger partial charge in [-0.3, -0.25) is 0 Å². The number of hydrogen-bond acceptors (Lipinski definition) is 6. The van der Waals surface area contributed by atoms with E-state index in [1.807, 2.05) is 27.8 Å². The Morgan fingerprint density at radius 3 is 2.35 bits per heavy atom. The van der Waals surface area contributed by atoms with Gasteiger partial charge in [0.05, 0.1) is 31.7 Å². The first-order valence-electron chi connectivity index (χ1n) is 9.48. The van der Waals surface area contributed by atoms with E-state index in [0.717, 1.165) is 25.9 Å². The Hall–Kier alpha value is -0.250. The fourth-order valence-electron chi connectivity index (χ4n) is 3.28. The van der Waals surface area contributed by atoms with E-state index < -0.39 is 16.1 Å². The molecule has 0 aromatic rings. The van der Waals surface area contributed by atoms with E-state index in [1.165, 1.54) is 4.31 Å². The Morgan fingerprint density at radius 2 is 1.81 bits per heavy atom. The predicted octanol–water partition coefficient (Wildman–Crippen LogP) is 1.17. The maximum absolute atomic E-state index is 12.9. The van der Waals surface area contributed by atoms with Crippen LogP contribution in [0.2, 0.25) is 0 Å². The maximum atomic E-state index is 12.9. The molecule has 0 saturated carbocycles. The highest BCUT2D eigenvalue weighted by Gasteiger charge is 2.34. The molecule has 1 rings (SSSR count). The lowest BCUT2D eigenvalue weighted by Gasteiger charge is -2.38. The van der Waals surface area contributed by atoms with Crippen molar-refractivity contribution in [2.75, 3.05) is 59.4 Å². The molecule has 0 spiro atoms. The molecule has 1 heterocycles. The second-order valence-corrected chi connectivity index (χ2v) is 10.5. The van der Waals surface area contributed by atoms with E-state index in [0.29, 0.717) is 19.6 Å². The van der Waals surface area contributed by atoms with Gasteiger partial charge in [-0.1, -0.05) is 20.8 Å². The summed E-state index contributed by atoms with van der Waals surface area (Å²) in [5.41, 5.74) is -0.0507. The van der Waals surface area contributed by atoms with Crippen molar-refractivity contribution < 1.29 is 23.0 Å². The number of hydrogen-bond donors (Lipinski definition) is 1. The molecule has 1 atom stereocenters. The Bertz CT molecular complexity index is 484. The molecule has 0 aromatic heterocycles. The molecule has 0 aromatic carbocycles. The van der Waals surface area contributed by atoms with E-state index in [4.69, 9.17) is 9.47 Å². The van der Waals surface area contributed by atoms with Gasteiger partial charge in [-0.2, -0.15) is 4.31 Å². The van der Waals surface area contributed by atoms with Crippen molar-refractivity contribution in [1.29, 1.82) is 0 Å². The summed E-state index contributed by atoms with van der Waals surface area (Å²) in [4.78, 5) is 2.21. The first kappa shape index (κ1) is 23.8. The summed E-state index contributed by atoms with van der Waals surface area (Å²) in [7, 11) is 0.142. The van der Waals surface area contributed by atoms with Crippen LogP contribution in [0.1, 0.15) is 40.0 Å². The van der Waals surface area contributed by atoms with Crippen LogP contribution in [0, 0.1) is 5.41 Å². The van der Waals surface area contributed by atoms with E-state index in [1.54, 1.807) is 7.11 Å². The molecule has 8 heteroatoms. The molecule has 26 heavy (non-hydrogen) atoms. The largest absolute Gasteiger partial charge is 0.392 e. The van der Waals surface area contributed by atoms with Gasteiger partial charge in [0.1, 0.15) is 0 Å². The zero-order valence-electron chi connectivity index (χ0n) is 17.1. The molecule has 156 valence electrons. The van der Waals surface area contributed by atoms with Crippen LogP contribution in [0.4, 0.5) is 0 Å². The zero-order chi connectivity index (χ0) is 19.8. The lowest BCUT2D eigenvalue weighted by atomic mass is 9.89. The van der Waals surface area contributed by atoms with Gasteiger partial charge < -0.3 is 19.5 Å². The standard InChI is InChI=1S/C18H38N2O5S/c1-18(2,3)14-17(21)15-20(16-6-8-19(4)9-7-16)26(22,23)13-12-25-11-10-24-5/h16-17,21H,6-15H2,1-5H3/t17-/m1/s1. The van der Waals surface area contributed by atoms with Gasteiger partial charge in [0.25, 0.3) is 0 Å². The van der Waals surface area contributed by atoms with Gasteiger partial charge in [-0.15, -0.1) is 0 Å². The van der Waals surface area contributed by atoms with Crippen LogP contribution in [0.25, 0.3) is 0 Å². The molecule has 1 aliphatic heterocycles. The van der Waals surface area contributed by atoms with Crippen molar-refractivity contribution in [3.63, 3.8) is 0 Å². The Morgan fingerprint density at radius 1 is 1.19 bits per heavy atom. The molecule has 1 aliphatic rings. The van der Waals surface area contributed by atoms with Gasteiger partial charge >= 0.3 is 0 Å². The minimum absolute atomic E-state index is 0.0507. The first-order chi connectivity index (χ1) is 12.0. The number of nitrogens with zero attached hydrogens (tertiary/aromatic N) is 2. The average Bonchev–Trinajstić information content (AvgIpc) is 2.51. The molecule has 0 radical (unpaired) electrons. The summed E-state index contributed by atoms with van der Waals surface area (Å²) >= 11 is 0. The average molecular weight is 395 g/mol. The van der Waals surface area contributed by atoms with Gasteiger partial charge in [0.2, 0.25) is 10.0 Å². The topological polar surface area (TPSA) is 79.3 Å².